The van der Waals surface area contributed by atoms with Crippen LogP contribution in [0.4, 0.5) is 0 Å². The van der Waals surface area contributed by atoms with Crippen LogP contribution in [0.5, 0.6) is 0 Å². The average molecular weight is 186 g/mol. The summed E-state index contributed by atoms with van der Waals surface area (Å²) in [6.45, 7) is 6.44. The highest BCUT2D eigenvalue weighted by molar-refractivity contribution is 4.81. The summed E-state index contributed by atoms with van der Waals surface area (Å²) in [5.74, 6) is 0. The zero-order chi connectivity index (χ0) is 10.3. The maximum atomic E-state index is 5.88. The van der Waals surface area contributed by atoms with E-state index >= 15 is 0 Å². The van der Waals surface area contributed by atoms with Gasteiger partial charge in [0.1, 0.15) is 0 Å². The first-order valence-corrected chi connectivity index (χ1v) is 5.45. The van der Waals surface area contributed by atoms with Crippen LogP contribution >= 0.6 is 0 Å². The minimum absolute atomic E-state index is 0.361. The molecule has 2 nitrogen and oxygen atoms in total. The first-order valence-electron chi connectivity index (χ1n) is 5.45. The van der Waals surface area contributed by atoms with Crippen molar-refractivity contribution < 1.29 is 0 Å². The summed E-state index contributed by atoms with van der Waals surface area (Å²) in [6, 6.07) is 0. The van der Waals surface area contributed by atoms with Crippen molar-refractivity contribution in [2.75, 3.05) is 27.2 Å². The molecule has 0 aliphatic carbocycles. The van der Waals surface area contributed by atoms with Crippen molar-refractivity contribution >= 4 is 0 Å². The van der Waals surface area contributed by atoms with Crippen molar-refractivity contribution in [3.63, 3.8) is 0 Å². The number of rotatable bonds is 7. The molecular weight excluding hydrogens is 160 g/mol. The molecule has 0 aromatic rings. The molecule has 0 bridgehead atoms. The molecule has 0 spiro atoms. The van der Waals surface area contributed by atoms with Gasteiger partial charge in [-0.15, -0.1) is 0 Å². The van der Waals surface area contributed by atoms with Crippen LogP contribution in [0.25, 0.3) is 0 Å². The van der Waals surface area contributed by atoms with Crippen LogP contribution in [0, 0.1) is 5.41 Å². The lowest BCUT2D eigenvalue weighted by atomic mass is 9.80. The Kier molecular flexibility index (Phi) is 6.35. The first kappa shape index (κ1) is 12.9. The van der Waals surface area contributed by atoms with E-state index in [1.165, 1.54) is 25.7 Å². The molecule has 80 valence electrons. The van der Waals surface area contributed by atoms with Crippen LogP contribution in [-0.2, 0) is 0 Å². The van der Waals surface area contributed by atoms with Crippen molar-refractivity contribution in [3.8, 4) is 0 Å². The van der Waals surface area contributed by atoms with E-state index in [1.807, 2.05) is 0 Å². The molecule has 0 heterocycles. The lowest BCUT2D eigenvalue weighted by Crippen LogP contribution is -2.39. The number of nitrogens with two attached hydrogens (primary N) is 1. The van der Waals surface area contributed by atoms with Crippen LogP contribution in [0.3, 0.4) is 0 Å². The summed E-state index contributed by atoms with van der Waals surface area (Å²) in [6.07, 6.45) is 5.05. The predicted molar refractivity (Wildman–Crippen MR) is 59.9 cm³/mol. The van der Waals surface area contributed by atoms with Gasteiger partial charge in [0.15, 0.2) is 0 Å². The second kappa shape index (κ2) is 6.39. The quantitative estimate of drug-likeness (QED) is 0.659. The molecule has 0 saturated carbocycles. The molecule has 1 atom stereocenters. The van der Waals surface area contributed by atoms with Crippen LogP contribution < -0.4 is 5.73 Å². The Balaban J connectivity index is 4.13. The van der Waals surface area contributed by atoms with Crippen molar-refractivity contribution in [3.05, 3.63) is 0 Å². The third-order valence-corrected chi connectivity index (χ3v) is 2.90. The number of hydrogen-bond donors (Lipinski definition) is 1. The summed E-state index contributed by atoms with van der Waals surface area (Å²) in [7, 11) is 4.26. The number of unbranched alkanes of at least 4 members (excludes halogenated alkanes) is 1. The maximum absolute atomic E-state index is 5.88. The predicted octanol–water partition coefficient (Wildman–Crippen LogP) is 2.09. The molecule has 0 aliphatic heterocycles. The van der Waals surface area contributed by atoms with Crippen LogP contribution in [0.15, 0.2) is 0 Å². The molecule has 13 heavy (non-hydrogen) atoms. The van der Waals surface area contributed by atoms with Gasteiger partial charge in [-0.05, 0) is 38.9 Å². The third-order valence-electron chi connectivity index (χ3n) is 2.90. The first-order chi connectivity index (χ1) is 6.10. The summed E-state index contributed by atoms with van der Waals surface area (Å²) >= 11 is 0. The van der Waals surface area contributed by atoms with Gasteiger partial charge in [-0.3, -0.25) is 0 Å². The number of hydrogen-bond acceptors (Lipinski definition) is 2. The highest BCUT2D eigenvalue weighted by atomic mass is 15.1. The van der Waals surface area contributed by atoms with E-state index in [2.05, 4.69) is 32.8 Å². The van der Waals surface area contributed by atoms with Crippen molar-refractivity contribution in [2.24, 2.45) is 11.1 Å². The third kappa shape index (κ3) is 4.63. The lowest BCUT2D eigenvalue weighted by Gasteiger charge is -2.34. The van der Waals surface area contributed by atoms with Gasteiger partial charge < -0.3 is 10.6 Å². The average Bonchev–Trinajstić information content (AvgIpc) is 2.12. The second-order valence-electron chi connectivity index (χ2n) is 4.40. The van der Waals surface area contributed by atoms with Gasteiger partial charge in [-0.25, -0.2) is 0 Å². The Labute approximate surface area is 83.5 Å². The molecule has 0 aromatic carbocycles. The fraction of sp³-hybridized carbons (Fsp3) is 1.00. The van der Waals surface area contributed by atoms with Crippen molar-refractivity contribution in [1.82, 2.24) is 4.90 Å². The van der Waals surface area contributed by atoms with Crippen LogP contribution in [0.2, 0.25) is 0 Å². The highest BCUT2D eigenvalue weighted by Gasteiger charge is 2.26. The lowest BCUT2D eigenvalue weighted by molar-refractivity contribution is 0.177. The zero-order valence-corrected chi connectivity index (χ0v) is 9.77. The molecule has 0 fully saturated rings. The largest absolute Gasteiger partial charge is 0.330 e. The normalized spacial score (nSPS) is 16.2. The maximum Gasteiger partial charge on any atom is 0.00439 e. The van der Waals surface area contributed by atoms with E-state index < -0.39 is 0 Å². The van der Waals surface area contributed by atoms with Gasteiger partial charge in [-0.2, -0.15) is 0 Å². The molecule has 0 amide bonds. The van der Waals surface area contributed by atoms with E-state index in [0.29, 0.717) is 5.41 Å². The van der Waals surface area contributed by atoms with Crippen molar-refractivity contribution in [2.45, 2.75) is 39.5 Å². The van der Waals surface area contributed by atoms with Gasteiger partial charge >= 0.3 is 0 Å². The Hall–Kier alpha value is -0.0800. The van der Waals surface area contributed by atoms with E-state index in [-0.39, 0.29) is 0 Å². The Morgan fingerprint density at radius 3 is 2.15 bits per heavy atom. The standard InChI is InChI=1S/C11H26N2/c1-5-7-8-11(6-2,9-12)10-13(3)4/h5-10,12H2,1-4H3. The minimum atomic E-state index is 0.361. The van der Waals surface area contributed by atoms with E-state index in [4.69, 9.17) is 5.73 Å². The molecular formula is C11H26N2. The minimum Gasteiger partial charge on any atom is -0.330 e. The highest BCUT2D eigenvalue weighted by Crippen LogP contribution is 2.28. The van der Waals surface area contributed by atoms with Crippen LogP contribution in [-0.4, -0.2) is 32.1 Å². The SMILES string of the molecule is CCCCC(CC)(CN)CN(C)C. The molecule has 0 saturated heterocycles. The molecule has 1 unspecified atom stereocenters. The van der Waals surface area contributed by atoms with Gasteiger partial charge in [0.05, 0.1) is 0 Å². The van der Waals surface area contributed by atoms with E-state index in [1.54, 1.807) is 0 Å². The Morgan fingerprint density at radius 1 is 1.23 bits per heavy atom. The molecule has 2 heteroatoms. The van der Waals surface area contributed by atoms with Crippen molar-refractivity contribution in [1.29, 1.82) is 0 Å². The fourth-order valence-electron chi connectivity index (χ4n) is 1.90. The van der Waals surface area contributed by atoms with Gasteiger partial charge in [0.2, 0.25) is 0 Å². The van der Waals surface area contributed by atoms with Gasteiger partial charge in [0.25, 0.3) is 0 Å². The molecule has 0 aromatic heterocycles. The molecule has 0 radical (unpaired) electrons. The summed E-state index contributed by atoms with van der Waals surface area (Å²) in [5, 5.41) is 0. The monoisotopic (exact) mass is 186 g/mol. The topological polar surface area (TPSA) is 29.3 Å². The van der Waals surface area contributed by atoms with E-state index in [0.717, 1.165) is 13.1 Å². The smallest absolute Gasteiger partial charge is 0.00439 e. The summed E-state index contributed by atoms with van der Waals surface area (Å²) < 4.78 is 0. The molecule has 0 aliphatic rings. The van der Waals surface area contributed by atoms with E-state index in [9.17, 15) is 0 Å². The zero-order valence-electron chi connectivity index (χ0n) is 9.77. The number of nitrogens with zero attached hydrogens (tertiary/aromatic N) is 1. The second-order valence-corrected chi connectivity index (χ2v) is 4.40. The van der Waals surface area contributed by atoms with Crippen LogP contribution in [0.1, 0.15) is 39.5 Å². The molecule has 2 N–H and O–H groups in total. The van der Waals surface area contributed by atoms with Gasteiger partial charge in [-0.1, -0.05) is 26.7 Å². The Bertz CT molecular complexity index is 117. The summed E-state index contributed by atoms with van der Waals surface area (Å²) in [5.41, 5.74) is 6.24. The summed E-state index contributed by atoms with van der Waals surface area (Å²) in [4.78, 5) is 2.26. The van der Waals surface area contributed by atoms with Gasteiger partial charge in [0, 0.05) is 6.54 Å². The molecule has 0 rings (SSSR count). The fourth-order valence-corrected chi connectivity index (χ4v) is 1.90. The Morgan fingerprint density at radius 2 is 1.85 bits per heavy atom.